The van der Waals surface area contributed by atoms with E-state index < -0.39 is 11.9 Å². The van der Waals surface area contributed by atoms with Gasteiger partial charge in [-0.05, 0) is 11.6 Å². The van der Waals surface area contributed by atoms with Crippen LogP contribution in [0.1, 0.15) is 22.0 Å². The SMILES string of the molecule is NNC(=O)C1NC(=O)c2ccccc21. The van der Waals surface area contributed by atoms with Crippen molar-refractivity contribution in [2.45, 2.75) is 6.04 Å². The highest BCUT2D eigenvalue weighted by Crippen LogP contribution is 2.24. The van der Waals surface area contributed by atoms with E-state index in [1.54, 1.807) is 24.3 Å². The summed E-state index contributed by atoms with van der Waals surface area (Å²) in [6.07, 6.45) is 0. The number of rotatable bonds is 1. The number of carbonyl (C=O) groups excluding carboxylic acids is 2. The normalized spacial score (nSPS) is 18.6. The molecule has 1 atom stereocenters. The van der Waals surface area contributed by atoms with Crippen LogP contribution in [0.3, 0.4) is 0 Å². The van der Waals surface area contributed by atoms with Gasteiger partial charge in [0.1, 0.15) is 6.04 Å². The standard InChI is InChI=1S/C9H9N3O2/c10-12-9(14)7-5-3-1-2-4-6(5)8(13)11-7/h1-4,7H,10H2,(H,11,13)(H,12,14). The number of carbonyl (C=O) groups is 2. The molecule has 1 aliphatic heterocycles. The summed E-state index contributed by atoms with van der Waals surface area (Å²) in [6.45, 7) is 0. The molecule has 14 heavy (non-hydrogen) atoms. The largest absolute Gasteiger partial charge is 0.336 e. The molecular weight excluding hydrogens is 182 g/mol. The Labute approximate surface area is 80.3 Å². The molecule has 4 N–H and O–H groups in total. The highest BCUT2D eigenvalue weighted by molar-refractivity contribution is 6.04. The Kier molecular flexibility index (Phi) is 1.94. The number of hydrazine groups is 1. The number of nitrogens with one attached hydrogen (secondary N) is 2. The maximum absolute atomic E-state index is 11.4. The van der Waals surface area contributed by atoms with Gasteiger partial charge in [-0.15, -0.1) is 0 Å². The van der Waals surface area contributed by atoms with Crippen LogP contribution in [0.2, 0.25) is 0 Å². The second kappa shape index (κ2) is 3.12. The van der Waals surface area contributed by atoms with Gasteiger partial charge >= 0.3 is 0 Å². The molecular formula is C9H9N3O2. The maximum Gasteiger partial charge on any atom is 0.261 e. The molecule has 0 saturated heterocycles. The number of hydrogen-bond donors (Lipinski definition) is 3. The van der Waals surface area contributed by atoms with Crippen LogP contribution in [0.15, 0.2) is 24.3 Å². The van der Waals surface area contributed by atoms with E-state index in [4.69, 9.17) is 5.84 Å². The molecule has 0 aliphatic carbocycles. The van der Waals surface area contributed by atoms with Crippen molar-refractivity contribution < 1.29 is 9.59 Å². The predicted octanol–water partition coefficient (Wildman–Crippen LogP) is -0.539. The van der Waals surface area contributed by atoms with Crippen molar-refractivity contribution in [1.82, 2.24) is 10.7 Å². The van der Waals surface area contributed by atoms with Gasteiger partial charge in [0.15, 0.2) is 0 Å². The van der Waals surface area contributed by atoms with Gasteiger partial charge in [-0.3, -0.25) is 15.0 Å². The van der Waals surface area contributed by atoms with Crippen LogP contribution in [0.4, 0.5) is 0 Å². The first-order chi connectivity index (χ1) is 6.74. The van der Waals surface area contributed by atoms with Crippen molar-refractivity contribution in [3.8, 4) is 0 Å². The minimum atomic E-state index is -0.663. The Morgan fingerprint density at radius 1 is 1.43 bits per heavy atom. The van der Waals surface area contributed by atoms with Crippen molar-refractivity contribution >= 4 is 11.8 Å². The Morgan fingerprint density at radius 3 is 2.86 bits per heavy atom. The van der Waals surface area contributed by atoms with E-state index in [1.165, 1.54) is 0 Å². The fourth-order valence-corrected chi connectivity index (χ4v) is 1.53. The average Bonchev–Trinajstić information content (AvgIpc) is 2.56. The lowest BCUT2D eigenvalue weighted by atomic mass is 10.0. The fourth-order valence-electron chi connectivity index (χ4n) is 1.53. The van der Waals surface area contributed by atoms with E-state index in [1.807, 2.05) is 5.43 Å². The Balaban J connectivity index is 2.44. The summed E-state index contributed by atoms with van der Waals surface area (Å²) in [4.78, 5) is 22.6. The summed E-state index contributed by atoms with van der Waals surface area (Å²) in [5, 5.41) is 2.54. The number of nitrogens with two attached hydrogens (primary N) is 1. The lowest BCUT2D eigenvalue weighted by Crippen LogP contribution is -2.39. The van der Waals surface area contributed by atoms with E-state index in [9.17, 15) is 9.59 Å². The lowest BCUT2D eigenvalue weighted by Gasteiger charge is -2.08. The van der Waals surface area contributed by atoms with Crippen LogP contribution in [0.5, 0.6) is 0 Å². The quantitative estimate of drug-likeness (QED) is 0.316. The van der Waals surface area contributed by atoms with Crippen LogP contribution in [-0.2, 0) is 4.79 Å². The molecule has 1 heterocycles. The molecule has 1 aromatic rings. The zero-order valence-electron chi connectivity index (χ0n) is 7.28. The first-order valence-electron chi connectivity index (χ1n) is 4.14. The number of fused-ring (bicyclic) bond motifs is 1. The molecule has 72 valence electrons. The maximum atomic E-state index is 11.4. The summed E-state index contributed by atoms with van der Waals surface area (Å²) in [5.74, 6) is 4.35. The van der Waals surface area contributed by atoms with Gasteiger partial charge in [-0.25, -0.2) is 5.84 Å². The minimum Gasteiger partial charge on any atom is -0.336 e. The third-order valence-electron chi connectivity index (χ3n) is 2.20. The molecule has 0 spiro atoms. The van der Waals surface area contributed by atoms with Crippen LogP contribution < -0.4 is 16.6 Å². The molecule has 0 bridgehead atoms. The van der Waals surface area contributed by atoms with Crippen LogP contribution in [-0.4, -0.2) is 11.8 Å². The first kappa shape index (κ1) is 8.71. The monoisotopic (exact) mass is 191 g/mol. The Morgan fingerprint density at radius 2 is 2.14 bits per heavy atom. The Bertz CT molecular complexity index is 403. The fraction of sp³-hybridized carbons (Fsp3) is 0.111. The van der Waals surface area contributed by atoms with Gasteiger partial charge in [-0.1, -0.05) is 18.2 Å². The van der Waals surface area contributed by atoms with Crippen molar-refractivity contribution in [1.29, 1.82) is 0 Å². The molecule has 0 aromatic heterocycles. The molecule has 0 fully saturated rings. The van der Waals surface area contributed by atoms with Crippen molar-refractivity contribution in [2.75, 3.05) is 0 Å². The second-order valence-corrected chi connectivity index (χ2v) is 3.00. The summed E-state index contributed by atoms with van der Waals surface area (Å²) in [5.41, 5.74) is 3.21. The van der Waals surface area contributed by atoms with Gasteiger partial charge in [-0.2, -0.15) is 0 Å². The van der Waals surface area contributed by atoms with Crippen molar-refractivity contribution in [2.24, 2.45) is 5.84 Å². The van der Waals surface area contributed by atoms with E-state index in [2.05, 4.69) is 5.32 Å². The zero-order valence-corrected chi connectivity index (χ0v) is 7.28. The minimum absolute atomic E-state index is 0.241. The molecule has 5 heteroatoms. The summed E-state index contributed by atoms with van der Waals surface area (Å²) < 4.78 is 0. The second-order valence-electron chi connectivity index (χ2n) is 3.00. The predicted molar refractivity (Wildman–Crippen MR) is 49.0 cm³/mol. The van der Waals surface area contributed by atoms with Gasteiger partial charge in [0.05, 0.1) is 0 Å². The number of benzene rings is 1. The van der Waals surface area contributed by atoms with E-state index >= 15 is 0 Å². The van der Waals surface area contributed by atoms with Gasteiger partial charge in [0.25, 0.3) is 11.8 Å². The third kappa shape index (κ3) is 1.14. The molecule has 2 rings (SSSR count). The molecule has 2 amide bonds. The highest BCUT2D eigenvalue weighted by atomic mass is 16.2. The smallest absolute Gasteiger partial charge is 0.261 e. The number of amides is 2. The first-order valence-corrected chi connectivity index (χ1v) is 4.14. The van der Waals surface area contributed by atoms with Crippen molar-refractivity contribution in [3.05, 3.63) is 35.4 Å². The van der Waals surface area contributed by atoms with E-state index in [0.717, 1.165) is 0 Å². The highest BCUT2D eigenvalue weighted by Gasteiger charge is 2.32. The summed E-state index contributed by atoms with van der Waals surface area (Å²) >= 11 is 0. The summed E-state index contributed by atoms with van der Waals surface area (Å²) in [6, 6.07) is 6.27. The van der Waals surface area contributed by atoms with Gasteiger partial charge in [0.2, 0.25) is 0 Å². The van der Waals surface area contributed by atoms with Crippen LogP contribution >= 0.6 is 0 Å². The summed E-state index contributed by atoms with van der Waals surface area (Å²) in [7, 11) is 0. The molecule has 1 aliphatic rings. The third-order valence-corrected chi connectivity index (χ3v) is 2.20. The van der Waals surface area contributed by atoms with Crippen molar-refractivity contribution in [3.63, 3.8) is 0 Å². The van der Waals surface area contributed by atoms with E-state index in [0.29, 0.717) is 11.1 Å². The zero-order chi connectivity index (χ0) is 10.1. The van der Waals surface area contributed by atoms with Gasteiger partial charge < -0.3 is 5.32 Å². The number of hydrogen-bond acceptors (Lipinski definition) is 3. The average molecular weight is 191 g/mol. The van der Waals surface area contributed by atoms with Crippen LogP contribution in [0.25, 0.3) is 0 Å². The van der Waals surface area contributed by atoms with Crippen LogP contribution in [0, 0.1) is 0 Å². The molecule has 5 nitrogen and oxygen atoms in total. The topological polar surface area (TPSA) is 84.2 Å². The Hall–Kier alpha value is -1.88. The molecule has 0 saturated carbocycles. The van der Waals surface area contributed by atoms with E-state index in [-0.39, 0.29) is 5.91 Å². The molecule has 1 aromatic carbocycles. The van der Waals surface area contributed by atoms with Gasteiger partial charge in [0, 0.05) is 5.56 Å². The molecule has 0 radical (unpaired) electrons. The molecule has 1 unspecified atom stereocenters. The lowest BCUT2D eigenvalue weighted by molar-refractivity contribution is -0.123.